The van der Waals surface area contributed by atoms with Gasteiger partial charge < -0.3 is 15.0 Å². The number of carbonyl (C=O) groups excluding carboxylic acids is 2. The Morgan fingerprint density at radius 2 is 2.05 bits per heavy atom. The van der Waals surface area contributed by atoms with Crippen LogP contribution in [0.5, 0.6) is 0 Å². The first-order valence-electron chi connectivity index (χ1n) is 7.60. The molecule has 20 heavy (non-hydrogen) atoms. The van der Waals surface area contributed by atoms with E-state index in [4.69, 9.17) is 4.74 Å². The van der Waals surface area contributed by atoms with Gasteiger partial charge in [-0.2, -0.15) is 0 Å². The third-order valence-corrected chi connectivity index (χ3v) is 4.08. The molecule has 2 heterocycles. The van der Waals surface area contributed by atoms with Crippen LogP contribution in [0.25, 0.3) is 0 Å². The van der Waals surface area contributed by atoms with Crippen LogP contribution in [0, 0.1) is 11.8 Å². The predicted octanol–water partition coefficient (Wildman–Crippen LogP) is 2.16. The molecule has 0 aliphatic carbocycles. The lowest BCUT2D eigenvalue weighted by atomic mass is 9.81. The molecular formula is C15H26N2O3. The second-order valence-corrected chi connectivity index (χ2v) is 6.93. The van der Waals surface area contributed by atoms with Crippen molar-refractivity contribution in [2.45, 2.75) is 52.1 Å². The van der Waals surface area contributed by atoms with Crippen molar-refractivity contribution in [3.05, 3.63) is 0 Å². The van der Waals surface area contributed by atoms with E-state index in [-0.39, 0.29) is 12.0 Å². The Balaban J connectivity index is 1.88. The van der Waals surface area contributed by atoms with Gasteiger partial charge in [-0.3, -0.25) is 4.79 Å². The number of nitrogens with zero attached hydrogens (tertiary/aromatic N) is 1. The molecule has 2 aliphatic rings. The second-order valence-electron chi connectivity index (χ2n) is 6.93. The van der Waals surface area contributed by atoms with E-state index in [1.54, 1.807) is 0 Å². The predicted molar refractivity (Wildman–Crippen MR) is 76.3 cm³/mol. The maximum atomic E-state index is 12.1. The van der Waals surface area contributed by atoms with E-state index < -0.39 is 5.60 Å². The topological polar surface area (TPSA) is 58.6 Å². The summed E-state index contributed by atoms with van der Waals surface area (Å²) in [6, 6.07) is 0. The average Bonchev–Trinajstić information content (AvgIpc) is 2.38. The van der Waals surface area contributed by atoms with Crippen LogP contribution in [0.4, 0.5) is 4.79 Å². The lowest BCUT2D eigenvalue weighted by Crippen LogP contribution is -2.47. The number of nitrogens with one attached hydrogen (secondary N) is 1. The third kappa shape index (κ3) is 4.12. The maximum absolute atomic E-state index is 12.1. The normalized spacial score (nSPS) is 27.9. The molecule has 0 radical (unpaired) electrons. The van der Waals surface area contributed by atoms with E-state index in [0.717, 1.165) is 38.9 Å². The Morgan fingerprint density at radius 1 is 1.30 bits per heavy atom. The first-order chi connectivity index (χ1) is 9.35. The molecule has 0 bridgehead atoms. The fourth-order valence-electron chi connectivity index (χ4n) is 3.04. The van der Waals surface area contributed by atoms with Crippen molar-refractivity contribution in [1.29, 1.82) is 0 Å². The van der Waals surface area contributed by atoms with Crippen LogP contribution in [-0.2, 0) is 9.53 Å². The van der Waals surface area contributed by atoms with Crippen LogP contribution >= 0.6 is 0 Å². The largest absolute Gasteiger partial charge is 0.444 e. The van der Waals surface area contributed by atoms with Gasteiger partial charge in [0.15, 0.2) is 0 Å². The van der Waals surface area contributed by atoms with Gasteiger partial charge in [0.2, 0.25) is 5.91 Å². The number of piperidine rings is 2. The van der Waals surface area contributed by atoms with Crippen LogP contribution in [0.2, 0.25) is 0 Å². The molecule has 2 atom stereocenters. The summed E-state index contributed by atoms with van der Waals surface area (Å²) in [5, 5.41) is 2.94. The summed E-state index contributed by atoms with van der Waals surface area (Å²) in [6.45, 7) is 7.97. The van der Waals surface area contributed by atoms with Gasteiger partial charge in [-0.05, 0) is 51.9 Å². The molecular weight excluding hydrogens is 256 g/mol. The lowest BCUT2D eigenvalue weighted by molar-refractivity contribution is -0.123. The first-order valence-corrected chi connectivity index (χ1v) is 7.60. The highest BCUT2D eigenvalue weighted by Gasteiger charge is 2.33. The second kappa shape index (κ2) is 6.02. The summed E-state index contributed by atoms with van der Waals surface area (Å²) in [7, 11) is 0. The SMILES string of the molecule is CC(C)(C)OC(=O)N1CCCC(C2CCC(=O)NC2)C1. The molecule has 0 aromatic heterocycles. The van der Waals surface area contributed by atoms with Gasteiger partial charge in [0.25, 0.3) is 0 Å². The molecule has 2 saturated heterocycles. The quantitative estimate of drug-likeness (QED) is 0.802. The van der Waals surface area contributed by atoms with Gasteiger partial charge in [-0.1, -0.05) is 0 Å². The van der Waals surface area contributed by atoms with E-state index in [1.165, 1.54) is 0 Å². The molecule has 5 heteroatoms. The van der Waals surface area contributed by atoms with Gasteiger partial charge >= 0.3 is 6.09 Å². The van der Waals surface area contributed by atoms with E-state index in [1.807, 2.05) is 25.7 Å². The van der Waals surface area contributed by atoms with Crippen LogP contribution < -0.4 is 5.32 Å². The van der Waals surface area contributed by atoms with Crippen LogP contribution in [0.3, 0.4) is 0 Å². The molecule has 0 spiro atoms. The average molecular weight is 282 g/mol. The number of carbonyl (C=O) groups is 2. The maximum Gasteiger partial charge on any atom is 0.410 e. The summed E-state index contributed by atoms with van der Waals surface area (Å²) in [6.07, 6.45) is 3.52. The van der Waals surface area contributed by atoms with Crippen molar-refractivity contribution in [3.63, 3.8) is 0 Å². The molecule has 0 aromatic carbocycles. The summed E-state index contributed by atoms with van der Waals surface area (Å²) in [4.78, 5) is 25.2. The fourth-order valence-corrected chi connectivity index (χ4v) is 3.04. The molecule has 0 aromatic rings. The Bertz CT molecular complexity index is 366. The Kier molecular flexibility index (Phi) is 4.55. The van der Waals surface area contributed by atoms with Crippen LogP contribution in [0.1, 0.15) is 46.5 Å². The van der Waals surface area contributed by atoms with Crippen molar-refractivity contribution in [3.8, 4) is 0 Å². The number of hydrogen-bond donors (Lipinski definition) is 1. The highest BCUT2D eigenvalue weighted by molar-refractivity contribution is 5.76. The third-order valence-electron chi connectivity index (χ3n) is 4.08. The fraction of sp³-hybridized carbons (Fsp3) is 0.867. The highest BCUT2D eigenvalue weighted by atomic mass is 16.6. The van der Waals surface area contributed by atoms with Crippen molar-refractivity contribution in [2.24, 2.45) is 11.8 Å². The highest BCUT2D eigenvalue weighted by Crippen LogP contribution is 2.29. The molecule has 2 unspecified atom stereocenters. The molecule has 2 rings (SSSR count). The number of likely N-dealkylation sites (tertiary alicyclic amines) is 1. The Morgan fingerprint density at radius 3 is 2.65 bits per heavy atom. The van der Waals surface area contributed by atoms with Crippen molar-refractivity contribution >= 4 is 12.0 Å². The van der Waals surface area contributed by atoms with Gasteiger partial charge in [0.05, 0.1) is 0 Å². The van der Waals surface area contributed by atoms with E-state index in [0.29, 0.717) is 18.3 Å². The smallest absolute Gasteiger partial charge is 0.410 e. The minimum Gasteiger partial charge on any atom is -0.444 e. The zero-order valence-corrected chi connectivity index (χ0v) is 12.8. The lowest BCUT2D eigenvalue weighted by Gasteiger charge is -2.38. The summed E-state index contributed by atoms with van der Waals surface area (Å²) in [5.74, 6) is 1.14. The zero-order valence-electron chi connectivity index (χ0n) is 12.8. The van der Waals surface area contributed by atoms with Crippen LogP contribution in [0.15, 0.2) is 0 Å². The van der Waals surface area contributed by atoms with E-state index in [2.05, 4.69) is 5.32 Å². The first kappa shape index (κ1) is 15.1. The molecule has 1 N–H and O–H groups in total. The molecule has 0 saturated carbocycles. The zero-order chi connectivity index (χ0) is 14.8. The summed E-state index contributed by atoms with van der Waals surface area (Å²) >= 11 is 0. The minimum atomic E-state index is -0.442. The van der Waals surface area contributed by atoms with E-state index >= 15 is 0 Å². The van der Waals surface area contributed by atoms with Crippen molar-refractivity contribution < 1.29 is 14.3 Å². The van der Waals surface area contributed by atoms with Gasteiger partial charge in [0.1, 0.15) is 5.60 Å². The Hall–Kier alpha value is -1.26. The number of ether oxygens (including phenoxy) is 1. The molecule has 2 amide bonds. The number of amides is 2. The van der Waals surface area contributed by atoms with Crippen molar-refractivity contribution in [2.75, 3.05) is 19.6 Å². The molecule has 2 aliphatic heterocycles. The molecule has 5 nitrogen and oxygen atoms in total. The minimum absolute atomic E-state index is 0.154. The summed E-state index contributed by atoms with van der Waals surface area (Å²) < 4.78 is 5.45. The van der Waals surface area contributed by atoms with E-state index in [9.17, 15) is 9.59 Å². The van der Waals surface area contributed by atoms with Crippen molar-refractivity contribution in [1.82, 2.24) is 10.2 Å². The standard InChI is InChI=1S/C15H26N2O3/c1-15(2,3)20-14(19)17-8-4-5-12(10-17)11-6-7-13(18)16-9-11/h11-12H,4-10H2,1-3H3,(H,16,18). The number of hydrogen-bond acceptors (Lipinski definition) is 3. The van der Waals surface area contributed by atoms with Gasteiger partial charge in [-0.15, -0.1) is 0 Å². The van der Waals surface area contributed by atoms with Gasteiger partial charge in [-0.25, -0.2) is 4.79 Å². The Labute approximate surface area is 121 Å². The molecule has 114 valence electrons. The molecule has 2 fully saturated rings. The van der Waals surface area contributed by atoms with Gasteiger partial charge in [0, 0.05) is 26.1 Å². The van der Waals surface area contributed by atoms with Crippen LogP contribution in [-0.4, -0.2) is 42.1 Å². The summed E-state index contributed by atoms with van der Waals surface area (Å²) in [5.41, 5.74) is -0.442. The number of rotatable bonds is 1. The monoisotopic (exact) mass is 282 g/mol.